The van der Waals surface area contributed by atoms with Crippen LogP contribution in [0.15, 0.2) is 18.5 Å². The van der Waals surface area contributed by atoms with Gasteiger partial charge in [-0.3, -0.25) is 9.78 Å². The standard InChI is InChI=1S/C13H17BrN2O/c1-10-5-12(8-15-7-10)13(17)16-4-2-3-11(6-14)9-16/h5,7-8,11H,2-4,6,9H2,1H3. The summed E-state index contributed by atoms with van der Waals surface area (Å²) in [6.45, 7) is 3.69. The number of aryl methyl sites for hydroxylation is 1. The number of pyridine rings is 1. The van der Waals surface area contributed by atoms with Gasteiger partial charge in [-0.25, -0.2) is 0 Å². The number of hydrogen-bond acceptors (Lipinski definition) is 2. The van der Waals surface area contributed by atoms with Gasteiger partial charge in [0.25, 0.3) is 5.91 Å². The maximum absolute atomic E-state index is 12.3. The number of alkyl halides is 1. The van der Waals surface area contributed by atoms with Gasteiger partial charge < -0.3 is 4.90 Å². The Bertz CT molecular complexity index is 408. The second-order valence-electron chi connectivity index (χ2n) is 4.66. The minimum absolute atomic E-state index is 0.117. The SMILES string of the molecule is Cc1cncc(C(=O)N2CCCC(CBr)C2)c1. The van der Waals surface area contributed by atoms with E-state index in [4.69, 9.17) is 0 Å². The maximum atomic E-state index is 12.3. The average molecular weight is 297 g/mol. The molecule has 17 heavy (non-hydrogen) atoms. The highest BCUT2D eigenvalue weighted by atomic mass is 79.9. The predicted octanol–water partition coefficient (Wildman–Crippen LogP) is 2.64. The molecular weight excluding hydrogens is 280 g/mol. The number of aromatic nitrogens is 1. The van der Waals surface area contributed by atoms with Crippen LogP contribution in [-0.4, -0.2) is 34.2 Å². The Balaban J connectivity index is 2.09. The average Bonchev–Trinajstić information content (AvgIpc) is 2.38. The first-order valence-electron chi connectivity index (χ1n) is 5.97. The number of piperidine rings is 1. The van der Waals surface area contributed by atoms with Crippen molar-refractivity contribution in [3.63, 3.8) is 0 Å². The highest BCUT2D eigenvalue weighted by Crippen LogP contribution is 2.20. The summed E-state index contributed by atoms with van der Waals surface area (Å²) in [5.41, 5.74) is 1.74. The Kier molecular flexibility index (Phi) is 4.15. The van der Waals surface area contributed by atoms with Crippen molar-refractivity contribution in [2.75, 3.05) is 18.4 Å². The second-order valence-corrected chi connectivity index (χ2v) is 5.31. The summed E-state index contributed by atoms with van der Waals surface area (Å²) in [6, 6.07) is 1.91. The molecule has 0 saturated carbocycles. The molecular formula is C13H17BrN2O. The molecule has 0 aromatic carbocycles. The molecule has 1 aromatic rings. The van der Waals surface area contributed by atoms with Crippen LogP contribution in [0.4, 0.5) is 0 Å². The highest BCUT2D eigenvalue weighted by Gasteiger charge is 2.23. The van der Waals surface area contributed by atoms with Crippen LogP contribution < -0.4 is 0 Å². The van der Waals surface area contributed by atoms with E-state index < -0.39 is 0 Å². The van der Waals surface area contributed by atoms with Crippen LogP contribution in [0.5, 0.6) is 0 Å². The zero-order valence-electron chi connectivity index (χ0n) is 10.0. The Labute approximate surface area is 110 Å². The summed E-state index contributed by atoms with van der Waals surface area (Å²) in [5.74, 6) is 0.706. The summed E-state index contributed by atoms with van der Waals surface area (Å²) in [6.07, 6.45) is 5.74. The lowest BCUT2D eigenvalue weighted by Gasteiger charge is -2.31. The third kappa shape index (κ3) is 3.06. The Hall–Kier alpha value is -0.900. The molecule has 0 bridgehead atoms. The molecule has 3 nitrogen and oxygen atoms in total. The Morgan fingerprint density at radius 3 is 3.12 bits per heavy atom. The van der Waals surface area contributed by atoms with Gasteiger partial charge >= 0.3 is 0 Å². The smallest absolute Gasteiger partial charge is 0.255 e. The van der Waals surface area contributed by atoms with E-state index in [-0.39, 0.29) is 5.91 Å². The van der Waals surface area contributed by atoms with Gasteiger partial charge in [0.1, 0.15) is 0 Å². The fourth-order valence-electron chi connectivity index (χ4n) is 2.23. The predicted molar refractivity (Wildman–Crippen MR) is 71.4 cm³/mol. The molecule has 1 aliphatic heterocycles. The number of nitrogens with zero attached hydrogens (tertiary/aromatic N) is 2. The van der Waals surface area contributed by atoms with E-state index in [1.54, 1.807) is 12.4 Å². The van der Waals surface area contributed by atoms with Crippen LogP contribution >= 0.6 is 15.9 Å². The van der Waals surface area contributed by atoms with Gasteiger partial charge in [0, 0.05) is 30.8 Å². The third-order valence-corrected chi connectivity index (χ3v) is 4.06. The van der Waals surface area contributed by atoms with Crippen LogP contribution in [0, 0.1) is 12.8 Å². The lowest BCUT2D eigenvalue weighted by molar-refractivity contribution is 0.0685. The first kappa shape index (κ1) is 12.6. The van der Waals surface area contributed by atoms with Gasteiger partial charge in [-0.2, -0.15) is 0 Å². The van der Waals surface area contributed by atoms with Crippen LogP contribution in [-0.2, 0) is 0 Å². The normalized spacial score (nSPS) is 20.4. The lowest BCUT2D eigenvalue weighted by Crippen LogP contribution is -2.40. The van der Waals surface area contributed by atoms with Crippen molar-refractivity contribution in [3.05, 3.63) is 29.6 Å². The fraction of sp³-hybridized carbons (Fsp3) is 0.538. The van der Waals surface area contributed by atoms with Gasteiger partial charge in [0.05, 0.1) is 5.56 Å². The molecule has 0 aliphatic carbocycles. The van der Waals surface area contributed by atoms with Crippen molar-refractivity contribution >= 4 is 21.8 Å². The number of amides is 1. The van der Waals surface area contributed by atoms with Crippen molar-refractivity contribution in [1.29, 1.82) is 0 Å². The molecule has 0 radical (unpaired) electrons. The molecule has 2 rings (SSSR count). The molecule has 1 aliphatic rings. The summed E-state index contributed by atoms with van der Waals surface area (Å²) >= 11 is 3.51. The topological polar surface area (TPSA) is 33.2 Å². The zero-order valence-corrected chi connectivity index (χ0v) is 11.6. The molecule has 1 aromatic heterocycles. The molecule has 0 spiro atoms. The molecule has 4 heteroatoms. The summed E-state index contributed by atoms with van der Waals surface area (Å²) in [5, 5.41) is 0.975. The highest BCUT2D eigenvalue weighted by molar-refractivity contribution is 9.09. The van der Waals surface area contributed by atoms with Crippen molar-refractivity contribution in [2.45, 2.75) is 19.8 Å². The Morgan fingerprint density at radius 1 is 1.59 bits per heavy atom. The molecule has 2 heterocycles. The summed E-state index contributed by atoms with van der Waals surface area (Å²) in [4.78, 5) is 18.3. The van der Waals surface area contributed by atoms with E-state index >= 15 is 0 Å². The van der Waals surface area contributed by atoms with E-state index in [2.05, 4.69) is 20.9 Å². The molecule has 1 saturated heterocycles. The van der Waals surface area contributed by atoms with Crippen LogP contribution in [0.25, 0.3) is 0 Å². The minimum atomic E-state index is 0.117. The van der Waals surface area contributed by atoms with E-state index in [0.29, 0.717) is 11.5 Å². The van der Waals surface area contributed by atoms with Crippen molar-refractivity contribution in [3.8, 4) is 0 Å². The van der Waals surface area contributed by atoms with Crippen LogP contribution in [0.2, 0.25) is 0 Å². The van der Waals surface area contributed by atoms with Crippen LogP contribution in [0.3, 0.4) is 0 Å². The minimum Gasteiger partial charge on any atom is -0.338 e. The third-order valence-electron chi connectivity index (χ3n) is 3.15. The number of halogens is 1. The first-order valence-corrected chi connectivity index (χ1v) is 7.09. The second kappa shape index (κ2) is 5.63. The number of carbonyl (C=O) groups excluding carboxylic acids is 1. The van der Waals surface area contributed by atoms with E-state index in [1.165, 1.54) is 6.42 Å². The van der Waals surface area contributed by atoms with E-state index in [0.717, 1.165) is 30.4 Å². The molecule has 1 unspecified atom stereocenters. The molecule has 1 atom stereocenters. The first-order chi connectivity index (χ1) is 8.20. The van der Waals surface area contributed by atoms with Crippen molar-refractivity contribution in [1.82, 2.24) is 9.88 Å². The van der Waals surface area contributed by atoms with Gasteiger partial charge in [-0.15, -0.1) is 0 Å². The molecule has 1 amide bonds. The van der Waals surface area contributed by atoms with Gasteiger partial charge in [-0.05, 0) is 37.3 Å². The summed E-state index contributed by atoms with van der Waals surface area (Å²) in [7, 11) is 0. The molecule has 0 N–H and O–H groups in total. The van der Waals surface area contributed by atoms with Crippen LogP contribution in [0.1, 0.15) is 28.8 Å². The number of rotatable bonds is 2. The number of likely N-dealkylation sites (tertiary alicyclic amines) is 1. The fourth-order valence-corrected chi connectivity index (χ4v) is 2.76. The quantitative estimate of drug-likeness (QED) is 0.786. The lowest BCUT2D eigenvalue weighted by atomic mass is 9.99. The van der Waals surface area contributed by atoms with Crippen molar-refractivity contribution in [2.24, 2.45) is 5.92 Å². The van der Waals surface area contributed by atoms with E-state index in [9.17, 15) is 4.79 Å². The molecule has 1 fully saturated rings. The van der Waals surface area contributed by atoms with Gasteiger partial charge in [0.2, 0.25) is 0 Å². The van der Waals surface area contributed by atoms with E-state index in [1.807, 2.05) is 17.9 Å². The van der Waals surface area contributed by atoms with Crippen molar-refractivity contribution < 1.29 is 4.79 Å². The monoisotopic (exact) mass is 296 g/mol. The maximum Gasteiger partial charge on any atom is 0.255 e. The van der Waals surface area contributed by atoms with Gasteiger partial charge in [0.15, 0.2) is 0 Å². The van der Waals surface area contributed by atoms with Gasteiger partial charge in [-0.1, -0.05) is 15.9 Å². The largest absolute Gasteiger partial charge is 0.338 e. The number of hydrogen-bond donors (Lipinski definition) is 0. The summed E-state index contributed by atoms with van der Waals surface area (Å²) < 4.78 is 0. The number of carbonyl (C=O) groups is 1. The zero-order chi connectivity index (χ0) is 12.3. The molecule has 92 valence electrons. The Morgan fingerprint density at radius 2 is 2.41 bits per heavy atom.